The molecule has 0 N–H and O–H groups in total. The Bertz CT molecular complexity index is 326. The zero-order valence-corrected chi connectivity index (χ0v) is 11.6. The zero-order valence-electron chi connectivity index (χ0n) is 11.6. The number of esters is 1. The monoisotopic (exact) mass is 276 g/mol. The molecule has 1 fully saturated rings. The van der Waals surface area contributed by atoms with Crippen LogP contribution in [-0.2, 0) is 33.3 Å². The molecule has 1 saturated heterocycles. The van der Waals surface area contributed by atoms with Gasteiger partial charge in [0.25, 0.3) is 0 Å². The molecule has 0 aromatic rings. The fourth-order valence-electron chi connectivity index (χ4n) is 1.73. The molecular formula is C12H20O7. The second-order valence-electron chi connectivity index (χ2n) is 4.60. The zero-order chi connectivity index (χ0) is 14.5. The number of methoxy groups -OCH3 is 2. The van der Waals surface area contributed by atoms with Gasteiger partial charge in [0.1, 0.15) is 12.9 Å². The first-order valence-corrected chi connectivity index (χ1v) is 5.93. The lowest BCUT2D eigenvalue weighted by Gasteiger charge is -2.23. The molecule has 1 rings (SSSR count). The summed E-state index contributed by atoms with van der Waals surface area (Å²) in [5, 5.41) is 0. The van der Waals surface area contributed by atoms with Crippen molar-refractivity contribution in [3.8, 4) is 0 Å². The molecule has 0 radical (unpaired) electrons. The van der Waals surface area contributed by atoms with Crippen LogP contribution in [0.5, 0.6) is 0 Å². The SMILES string of the molecule is COCOC(CC(=O)C(=O)OC)[C@H]1COC(C)(C)O1. The van der Waals surface area contributed by atoms with Crippen LogP contribution in [0.25, 0.3) is 0 Å². The molecule has 7 heteroatoms. The van der Waals surface area contributed by atoms with Crippen LogP contribution in [0.15, 0.2) is 0 Å². The van der Waals surface area contributed by atoms with Crippen LogP contribution in [0.2, 0.25) is 0 Å². The van der Waals surface area contributed by atoms with E-state index < -0.39 is 29.7 Å². The second-order valence-corrected chi connectivity index (χ2v) is 4.60. The van der Waals surface area contributed by atoms with Gasteiger partial charge in [0, 0.05) is 13.5 Å². The Hall–Kier alpha value is -1.02. The smallest absolute Gasteiger partial charge is 0.374 e. The minimum Gasteiger partial charge on any atom is -0.463 e. The Kier molecular flexibility index (Phi) is 5.86. The Labute approximate surface area is 112 Å². The number of hydrogen-bond acceptors (Lipinski definition) is 7. The normalized spacial score (nSPS) is 23.1. The number of Topliss-reactive ketones (excluding diaryl/α,β-unsaturated/α-hetero) is 1. The summed E-state index contributed by atoms with van der Waals surface area (Å²) in [6.45, 7) is 3.82. The van der Waals surface area contributed by atoms with Crippen LogP contribution in [0.3, 0.4) is 0 Å². The van der Waals surface area contributed by atoms with Crippen LogP contribution in [-0.4, -0.2) is 57.4 Å². The quantitative estimate of drug-likeness (QED) is 0.375. The molecule has 19 heavy (non-hydrogen) atoms. The summed E-state index contributed by atoms with van der Waals surface area (Å²) >= 11 is 0. The van der Waals surface area contributed by atoms with Gasteiger partial charge in [-0.05, 0) is 13.8 Å². The van der Waals surface area contributed by atoms with Crippen molar-refractivity contribution in [2.75, 3.05) is 27.6 Å². The number of hydrogen-bond donors (Lipinski definition) is 0. The Morgan fingerprint density at radius 1 is 1.37 bits per heavy atom. The lowest BCUT2D eigenvalue weighted by molar-refractivity contribution is -0.173. The molecule has 0 spiro atoms. The summed E-state index contributed by atoms with van der Waals surface area (Å²) in [6.07, 6.45) is -1.19. The van der Waals surface area contributed by atoms with Crippen molar-refractivity contribution >= 4 is 11.8 Å². The highest BCUT2D eigenvalue weighted by Crippen LogP contribution is 2.26. The first-order valence-electron chi connectivity index (χ1n) is 5.93. The first kappa shape index (κ1) is 16.0. The molecule has 1 aliphatic heterocycles. The lowest BCUT2D eigenvalue weighted by Crippen LogP contribution is -2.37. The maximum absolute atomic E-state index is 11.6. The molecule has 0 aromatic heterocycles. The van der Waals surface area contributed by atoms with Gasteiger partial charge >= 0.3 is 5.97 Å². The van der Waals surface area contributed by atoms with E-state index in [1.165, 1.54) is 7.11 Å². The van der Waals surface area contributed by atoms with E-state index in [1.807, 2.05) is 0 Å². The average molecular weight is 276 g/mol. The topological polar surface area (TPSA) is 80.3 Å². The van der Waals surface area contributed by atoms with Crippen molar-refractivity contribution in [1.82, 2.24) is 0 Å². The minimum absolute atomic E-state index is 0.000587. The van der Waals surface area contributed by atoms with E-state index in [4.69, 9.17) is 18.9 Å². The van der Waals surface area contributed by atoms with Crippen molar-refractivity contribution in [2.24, 2.45) is 0 Å². The van der Waals surface area contributed by atoms with E-state index in [-0.39, 0.29) is 19.8 Å². The number of ether oxygens (including phenoxy) is 5. The van der Waals surface area contributed by atoms with Crippen molar-refractivity contribution in [1.29, 1.82) is 0 Å². The highest BCUT2D eigenvalue weighted by Gasteiger charge is 2.39. The van der Waals surface area contributed by atoms with Crippen LogP contribution in [0.4, 0.5) is 0 Å². The molecule has 0 aromatic carbocycles. The largest absolute Gasteiger partial charge is 0.463 e. The third-order valence-corrected chi connectivity index (χ3v) is 2.64. The highest BCUT2D eigenvalue weighted by atomic mass is 16.8. The van der Waals surface area contributed by atoms with Crippen LogP contribution < -0.4 is 0 Å². The molecule has 0 amide bonds. The molecule has 1 aliphatic rings. The van der Waals surface area contributed by atoms with Crippen molar-refractivity contribution < 1.29 is 33.3 Å². The molecule has 0 saturated carbocycles. The average Bonchev–Trinajstić information content (AvgIpc) is 2.73. The first-order chi connectivity index (χ1) is 8.89. The molecule has 0 bridgehead atoms. The number of carbonyl (C=O) groups is 2. The van der Waals surface area contributed by atoms with Gasteiger partial charge in [-0.25, -0.2) is 4.79 Å². The number of carbonyl (C=O) groups excluding carboxylic acids is 2. The van der Waals surface area contributed by atoms with E-state index >= 15 is 0 Å². The maximum Gasteiger partial charge on any atom is 0.374 e. The summed E-state index contributed by atoms with van der Waals surface area (Å²) < 4.78 is 25.6. The second kappa shape index (κ2) is 6.95. The fourth-order valence-corrected chi connectivity index (χ4v) is 1.73. The Balaban J connectivity index is 2.62. The fraction of sp³-hybridized carbons (Fsp3) is 0.833. The summed E-state index contributed by atoms with van der Waals surface area (Å²) in [5.74, 6) is -2.30. The van der Waals surface area contributed by atoms with Gasteiger partial charge in [-0.3, -0.25) is 4.79 Å². The molecule has 1 heterocycles. The van der Waals surface area contributed by atoms with Gasteiger partial charge in [0.15, 0.2) is 5.79 Å². The summed E-state index contributed by atoms with van der Waals surface area (Å²) in [5.41, 5.74) is 0. The van der Waals surface area contributed by atoms with Gasteiger partial charge in [-0.2, -0.15) is 0 Å². The Morgan fingerprint density at radius 3 is 2.53 bits per heavy atom. The van der Waals surface area contributed by atoms with Gasteiger partial charge in [-0.1, -0.05) is 0 Å². The van der Waals surface area contributed by atoms with E-state index in [0.717, 1.165) is 7.11 Å². The Morgan fingerprint density at radius 2 is 2.05 bits per heavy atom. The van der Waals surface area contributed by atoms with Gasteiger partial charge in [0.2, 0.25) is 5.78 Å². The van der Waals surface area contributed by atoms with Crippen LogP contribution in [0.1, 0.15) is 20.3 Å². The molecule has 2 atom stereocenters. The molecule has 110 valence electrons. The highest BCUT2D eigenvalue weighted by molar-refractivity contribution is 6.33. The van der Waals surface area contributed by atoms with Crippen LogP contribution in [0, 0.1) is 0 Å². The van der Waals surface area contributed by atoms with Crippen LogP contribution >= 0.6 is 0 Å². The molecule has 1 unspecified atom stereocenters. The van der Waals surface area contributed by atoms with Gasteiger partial charge in [0.05, 0.1) is 19.8 Å². The van der Waals surface area contributed by atoms with Gasteiger partial charge < -0.3 is 23.7 Å². The lowest BCUT2D eigenvalue weighted by atomic mass is 10.1. The van der Waals surface area contributed by atoms with E-state index in [1.54, 1.807) is 13.8 Å². The number of ketones is 1. The van der Waals surface area contributed by atoms with E-state index in [0.29, 0.717) is 0 Å². The summed E-state index contributed by atoms with van der Waals surface area (Å²) in [6, 6.07) is 0. The third kappa shape index (κ3) is 4.87. The van der Waals surface area contributed by atoms with E-state index in [2.05, 4.69) is 4.74 Å². The predicted octanol–water partition coefficient (Wildman–Crippen LogP) is 0.259. The predicted molar refractivity (Wildman–Crippen MR) is 63.3 cm³/mol. The van der Waals surface area contributed by atoms with E-state index in [9.17, 15) is 9.59 Å². The van der Waals surface area contributed by atoms with Gasteiger partial charge in [-0.15, -0.1) is 0 Å². The standard InChI is InChI=1S/C12H20O7/c1-12(2)18-6-10(19-12)9(17-7-15-3)5-8(13)11(14)16-4/h9-10H,5-7H2,1-4H3/t9?,10-/m1/s1. The summed E-state index contributed by atoms with van der Waals surface area (Å²) in [4.78, 5) is 22.7. The minimum atomic E-state index is -0.899. The number of rotatable bonds is 7. The van der Waals surface area contributed by atoms with Crippen molar-refractivity contribution in [2.45, 2.75) is 38.3 Å². The molecule has 7 nitrogen and oxygen atoms in total. The van der Waals surface area contributed by atoms with Crippen molar-refractivity contribution in [3.05, 3.63) is 0 Å². The van der Waals surface area contributed by atoms with Crippen molar-refractivity contribution in [3.63, 3.8) is 0 Å². The summed E-state index contributed by atoms with van der Waals surface area (Å²) in [7, 11) is 2.62. The third-order valence-electron chi connectivity index (χ3n) is 2.64. The molecule has 0 aliphatic carbocycles. The molecular weight excluding hydrogens is 256 g/mol. The maximum atomic E-state index is 11.6.